The number of hydrogen-bond donors (Lipinski definition) is 2. The highest BCUT2D eigenvalue weighted by Gasteiger charge is 2.27. The van der Waals surface area contributed by atoms with Crippen molar-refractivity contribution in [3.63, 3.8) is 0 Å². The second-order valence-corrected chi connectivity index (χ2v) is 6.52. The van der Waals surface area contributed by atoms with Crippen molar-refractivity contribution in [1.82, 2.24) is 10.6 Å². The summed E-state index contributed by atoms with van der Waals surface area (Å²) >= 11 is 0. The van der Waals surface area contributed by atoms with Crippen molar-refractivity contribution in [3.05, 3.63) is 64.7 Å². The molecule has 1 aliphatic rings. The van der Waals surface area contributed by atoms with E-state index in [1.54, 1.807) is 0 Å². The van der Waals surface area contributed by atoms with Crippen LogP contribution in [0.25, 0.3) is 0 Å². The van der Waals surface area contributed by atoms with Gasteiger partial charge in [-0.15, -0.1) is 24.0 Å². The van der Waals surface area contributed by atoms with Crippen LogP contribution in [-0.4, -0.2) is 32.1 Å². The molecule has 1 fully saturated rings. The standard InChI is InChI=1S/C19H18F6N4.HI/c1-26-19(27-8-11-16(24)14(22)7-15(23)17(11)25)28-10-5-6-29(9-10)18-12(20)3-2-4-13(18)21;/h2-4,7,10H,5-6,8-9H2,1H3,(H2,26,27,28);1H. The summed E-state index contributed by atoms with van der Waals surface area (Å²) in [5.41, 5.74) is -0.925. The molecule has 0 aliphatic carbocycles. The molecule has 0 spiro atoms. The van der Waals surface area contributed by atoms with E-state index in [1.807, 2.05) is 0 Å². The van der Waals surface area contributed by atoms with Crippen molar-refractivity contribution in [2.75, 3.05) is 25.0 Å². The molecule has 0 saturated carbocycles. The first-order chi connectivity index (χ1) is 13.8. The Morgan fingerprint density at radius 3 is 2.20 bits per heavy atom. The minimum Gasteiger partial charge on any atom is -0.365 e. The van der Waals surface area contributed by atoms with Crippen molar-refractivity contribution >= 4 is 35.6 Å². The summed E-state index contributed by atoms with van der Waals surface area (Å²) in [6, 6.07) is 3.48. The third-order valence-corrected chi connectivity index (χ3v) is 4.64. The Hall–Kier alpha value is -2.18. The second kappa shape index (κ2) is 10.2. The summed E-state index contributed by atoms with van der Waals surface area (Å²) in [6.07, 6.45) is 0.520. The summed E-state index contributed by atoms with van der Waals surface area (Å²) < 4.78 is 82.0. The van der Waals surface area contributed by atoms with Gasteiger partial charge in [0.1, 0.15) is 17.3 Å². The van der Waals surface area contributed by atoms with E-state index in [4.69, 9.17) is 0 Å². The van der Waals surface area contributed by atoms with Crippen LogP contribution in [-0.2, 0) is 6.54 Å². The van der Waals surface area contributed by atoms with E-state index in [-0.39, 0.29) is 54.3 Å². The molecular formula is C19H19F6IN4. The van der Waals surface area contributed by atoms with Gasteiger partial charge in [-0.25, -0.2) is 26.3 Å². The van der Waals surface area contributed by atoms with Crippen molar-refractivity contribution in [1.29, 1.82) is 0 Å². The molecular weight excluding hydrogens is 525 g/mol. The maximum absolute atomic E-state index is 13.9. The topological polar surface area (TPSA) is 39.7 Å². The molecule has 3 rings (SSSR count). The molecule has 0 amide bonds. The van der Waals surface area contributed by atoms with Gasteiger partial charge in [0.25, 0.3) is 0 Å². The zero-order chi connectivity index (χ0) is 21.1. The number of para-hydroxylation sites is 1. The Morgan fingerprint density at radius 1 is 1.03 bits per heavy atom. The zero-order valence-electron chi connectivity index (χ0n) is 15.8. The van der Waals surface area contributed by atoms with Gasteiger partial charge in [-0.2, -0.15) is 0 Å². The Bertz CT molecular complexity index is 893. The third kappa shape index (κ3) is 5.10. The number of guanidine groups is 1. The van der Waals surface area contributed by atoms with Gasteiger partial charge in [-0.1, -0.05) is 6.07 Å². The quantitative estimate of drug-likeness (QED) is 0.201. The maximum Gasteiger partial charge on any atom is 0.191 e. The number of halogens is 7. The fourth-order valence-electron chi connectivity index (χ4n) is 3.21. The highest BCUT2D eigenvalue weighted by molar-refractivity contribution is 14.0. The minimum atomic E-state index is -1.50. The van der Waals surface area contributed by atoms with Crippen LogP contribution in [0, 0.1) is 34.9 Å². The molecule has 1 unspecified atom stereocenters. The van der Waals surface area contributed by atoms with E-state index in [1.165, 1.54) is 30.1 Å². The Kier molecular flexibility index (Phi) is 8.21. The van der Waals surface area contributed by atoms with E-state index < -0.39 is 47.0 Å². The predicted molar refractivity (Wildman–Crippen MR) is 112 cm³/mol. The molecule has 0 radical (unpaired) electrons. The van der Waals surface area contributed by atoms with Gasteiger partial charge in [0.15, 0.2) is 29.2 Å². The van der Waals surface area contributed by atoms with E-state index >= 15 is 0 Å². The first kappa shape index (κ1) is 24.1. The van der Waals surface area contributed by atoms with Gasteiger partial charge in [-0.3, -0.25) is 4.99 Å². The zero-order valence-corrected chi connectivity index (χ0v) is 18.1. The molecule has 164 valence electrons. The van der Waals surface area contributed by atoms with Crippen molar-refractivity contribution in [2.45, 2.75) is 19.0 Å². The Balaban J connectivity index is 0.00000320. The number of nitrogens with one attached hydrogen (secondary N) is 2. The van der Waals surface area contributed by atoms with E-state index in [2.05, 4.69) is 15.6 Å². The van der Waals surface area contributed by atoms with Crippen molar-refractivity contribution < 1.29 is 26.3 Å². The molecule has 0 bridgehead atoms. The van der Waals surface area contributed by atoms with Crippen molar-refractivity contribution in [3.8, 4) is 0 Å². The lowest BCUT2D eigenvalue weighted by atomic mass is 10.2. The van der Waals surface area contributed by atoms with Gasteiger partial charge in [-0.05, 0) is 18.6 Å². The van der Waals surface area contributed by atoms with Crippen LogP contribution in [0.5, 0.6) is 0 Å². The van der Waals surface area contributed by atoms with E-state index in [0.29, 0.717) is 13.0 Å². The molecule has 1 aliphatic heterocycles. The fraction of sp³-hybridized carbons (Fsp3) is 0.316. The number of aliphatic imine (C=N–C) groups is 1. The van der Waals surface area contributed by atoms with Gasteiger partial charge in [0.05, 0.1) is 0 Å². The van der Waals surface area contributed by atoms with Crippen LogP contribution < -0.4 is 15.5 Å². The van der Waals surface area contributed by atoms with Crippen LogP contribution >= 0.6 is 24.0 Å². The second-order valence-electron chi connectivity index (χ2n) is 6.52. The van der Waals surface area contributed by atoms with Crippen LogP contribution in [0.4, 0.5) is 32.0 Å². The van der Waals surface area contributed by atoms with Crippen molar-refractivity contribution in [2.24, 2.45) is 4.99 Å². The lowest BCUT2D eigenvalue weighted by molar-refractivity contribution is 0.436. The highest BCUT2D eigenvalue weighted by Crippen LogP contribution is 2.26. The molecule has 2 N–H and O–H groups in total. The molecule has 11 heteroatoms. The van der Waals surface area contributed by atoms with Gasteiger partial charge >= 0.3 is 0 Å². The molecule has 1 atom stereocenters. The number of hydrogen-bond acceptors (Lipinski definition) is 2. The average molecular weight is 544 g/mol. The molecule has 2 aromatic rings. The summed E-state index contributed by atoms with van der Waals surface area (Å²) in [5.74, 6) is -7.21. The molecule has 0 aromatic heterocycles. The molecule has 30 heavy (non-hydrogen) atoms. The molecule has 2 aromatic carbocycles. The average Bonchev–Trinajstić information content (AvgIpc) is 3.13. The minimum absolute atomic E-state index is 0. The largest absolute Gasteiger partial charge is 0.365 e. The predicted octanol–water partition coefficient (Wildman–Crippen LogP) is 4.08. The lowest BCUT2D eigenvalue weighted by Gasteiger charge is -2.21. The summed E-state index contributed by atoms with van der Waals surface area (Å²) in [6.45, 7) is 0.0884. The lowest BCUT2D eigenvalue weighted by Crippen LogP contribution is -2.44. The number of rotatable bonds is 4. The Labute approximate surface area is 186 Å². The monoisotopic (exact) mass is 544 g/mol. The number of benzene rings is 2. The normalized spacial score (nSPS) is 16.4. The van der Waals surface area contributed by atoms with Crippen LogP contribution in [0.1, 0.15) is 12.0 Å². The number of nitrogens with zero attached hydrogens (tertiary/aromatic N) is 2. The molecule has 1 saturated heterocycles. The maximum atomic E-state index is 13.9. The van der Waals surface area contributed by atoms with Gasteiger partial charge in [0.2, 0.25) is 0 Å². The van der Waals surface area contributed by atoms with Gasteiger partial charge < -0.3 is 15.5 Å². The van der Waals surface area contributed by atoms with E-state index in [0.717, 1.165) is 0 Å². The summed E-state index contributed by atoms with van der Waals surface area (Å²) in [4.78, 5) is 5.44. The molecule has 1 heterocycles. The summed E-state index contributed by atoms with van der Waals surface area (Å²) in [7, 11) is 1.40. The first-order valence-corrected chi connectivity index (χ1v) is 8.79. The van der Waals surface area contributed by atoms with E-state index in [9.17, 15) is 26.3 Å². The fourth-order valence-corrected chi connectivity index (χ4v) is 3.21. The van der Waals surface area contributed by atoms with Crippen LogP contribution in [0.15, 0.2) is 29.3 Å². The Morgan fingerprint density at radius 2 is 1.63 bits per heavy atom. The highest BCUT2D eigenvalue weighted by atomic mass is 127. The van der Waals surface area contributed by atoms with Crippen LogP contribution in [0.2, 0.25) is 0 Å². The van der Waals surface area contributed by atoms with Crippen LogP contribution in [0.3, 0.4) is 0 Å². The third-order valence-electron chi connectivity index (χ3n) is 4.64. The summed E-state index contributed by atoms with van der Waals surface area (Å²) in [5, 5.41) is 5.55. The SMILES string of the molecule is CN=C(NCc1c(F)c(F)cc(F)c1F)NC1CCN(c2c(F)cccc2F)C1.I. The number of anilines is 1. The first-order valence-electron chi connectivity index (χ1n) is 8.79. The molecule has 4 nitrogen and oxygen atoms in total. The van der Waals surface area contributed by atoms with Gasteiger partial charge in [0, 0.05) is 44.4 Å². The smallest absolute Gasteiger partial charge is 0.191 e.